The number of hydrogen-bond acceptors (Lipinski definition) is 3. The summed E-state index contributed by atoms with van der Waals surface area (Å²) in [5.41, 5.74) is 1.26. The second-order valence-electron chi connectivity index (χ2n) is 3.77. The summed E-state index contributed by atoms with van der Waals surface area (Å²) >= 11 is 0. The van der Waals surface area contributed by atoms with E-state index < -0.39 is 0 Å². The maximum Gasteiger partial charge on any atom is 0.305 e. The lowest BCUT2D eigenvalue weighted by Crippen LogP contribution is -2.16. The van der Waals surface area contributed by atoms with Gasteiger partial charge in [0, 0.05) is 32.4 Å². The molecule has 1 heterocycles. The Kier molecular flexibility index (Phi) is 5.64. The maximum atomic E-state index is 11.0. The Morgan fingerprint density at radius 1 is 1.56 bits per heavy atom. The van der Waals surface area contributed by atoms with Crippen LogP contribution in [-0.2, 0) is 23.1 Å². The van der Waals surface area contributed by atoms with Crippen molar-refractivity contribution in [1.29, 1.82) is 0 Å². The van der Waals surface area contributed by atoms with E-state index in [-0.39, 0.29) is 5.97 Å². The van der Waals surface area contributed by atoms with Crippen LogP contribution in [-0.4, -0.2) is 23.7 Å². The number of nitrogens with one attached hydrogen (secondary N) is 1. The third-order valence-corrected chi connectivity index (χ3v) is 2.26. The van der Waals surface area contributed by atoms with E-state index in [1.165, 1.54) is 5.56 Å². The van der Waals surface area contributed by atoms with Gasteiger partial charge in [0.05, 0.1) is 6.61 Å². The van der Waals surface area contributed by atoms with Gasteiger partial charge in [-0.05, 0) is 31.5 Å². The molecule has 1 N–H and O–H groups in total. The predicted octanol–water partition coefficient (Wildman–Crippen LogP) is 1.46. The summed E-state index contributed by atoms with van der Waals surface area (Å²) in [6, 6.07) is 2.08. The molecule has 0 aliphatic heterocycles. The molecule has 0 fully saturated rings. The zero-order valence-corrected chi connectivity index (χ0v) is 10.0. The number of carbonyl (C=O) groups excluding carboxylic acids is 1. The van der Waals surface area contributed by atoms with E-state index in [9.17, 15) is 4.79 Å². The topological polar surface area (TPSA) is 43.3 Å². The Morgan fingerprint density at radius 2 is 2.38 bits per heavy atom. The first-order valence-corrected chi connectivity index (χ1v) is 5.69. The van der Waals surface area contributed by atoms with Crippen LogP contribution in [0.4, 0.5) is 0 Å². The molecule has 90 valence electrons. The number of aromatic nitrogens is 1. The molecule has 0 aliphatic rings. The van der Waals surface area contributed by atoms with Gasteiger partial charge in [0.2, 0.25) is 0 Å². The zero-order chi connectivity index (χ0) is 11.8. The van der Waals surface area contributed by atoms with Crippen molar-refractivity contribution in [2.45, 2.75) is 26.3 Å². The number of esters is 1. The van der Waals surface area contributed by atoms with Crippen LogP contribution in [0.15, 0.2) is 18.5 Å². The molecule has 0 bridgehead atoms. The quantitative estimate of drug-likeness (QED) is 0.563. The van der Waals surface area contributed by atoms with Crippen molar-refractivity contribution < 1.29 is 9.53 Å². The maximum absolute atomic E-state index is 11.0. The van der Waals surface area contributed by atoms with Gasteiger partial charge in [-0.15, -0.1) is 0 Å². The molecule has 0 aliphatic carbocycles. The molecule has 0 saturated heterocycles. The van der Waals surface area contributed by atoms with Crippen molar-refractivity contribution in [3.63, 3.8) is 0 Å². The molecule has 0 radical (unpaired) electrons. The van der Waals surface area contributed by atoms with Gasteiger partial charge in [-0.3, -0.25) is 4.79 Å². The standard InChI is InChI=1S/C12H20N2O2/c1-3-16-12(15)5-4-7-13-9-11-6-8-14(2)10-11/h6,8,10,13H,3-5,7,9H2,1-2H3. The lowest BCUT2D eigenvalue weighted by molar-refractivity contribution is -0.143. The van der Waals surface area contributed by atoms with Crippen LogP contribution in [0.3, 0.4) is 0 Å². The van der Waals surface area contributed by atoms with Crippen LogP contribution >= 0.6 is 0 Å². The molecule has 16 heavy (non-hydrogen) atoms. The lowest BCUT2D eigenvalue weighted by atomic mass is 10.3. The Balaban J connectivity index is 2.02. The van der Waals surface area contributed by atoms with Crippen molar-refractivity contribution in [3.8, 4) is 0 Å². The number of aryl methyl sites for hydroxylation is 1. The molecule has 4 nitrogen and oxygen atoms in total. The molecular formula is C12H20N2O2. The predicted molar refractivity (Wildman–Crippen MR) is 63.0 cm³/mol. The Bertz CT molecular complexity index is 321. The molecule has 0 atom stereocenters. The molecule has 0 aromatic carbocycles. The molecule has 1 aromatic heterocycles. The summed E-state index contributed by atoms with van der Waals surface area (Å²) in [6.07, 6.45) is 5.43. The van der Waals surface area contributed by atoms with E-state index in [0.717, 1.165) is 19.5 Å². The second kappa shape index (κ2) is 7.06. The Labute approximate surface area is 96.6 Å². The van der Waals surface area contributed by atoms with Crippen LogP contribution in [0.2, 0.25) is 0 Å². The van der Waals surface area contributed by atoms with Gasteiger partial charge in [-0.1, -0.05) is 0 Å². The molecular weight excluding hydrogens is 204 g/mol. The third-order valence-electron chi connectivity index (χ3n) is 2.26. The van der Waals surface area contributed by atoms with Gasteiger partial charge in [-0.2, -0.15) is 0 Å². The molecule has 0 spiro atoms. The number of carbonyl (C=O) groups is 1. The van der Waals surface area contributed by atoms with Gasteiger partial charge in [0.15, 0.2) is 0 Å². The fraction of sp³-hybridized carbons (Fsp3) is 0.583. The highest BCUT2D eigenvalue weighted by Gasteiger charge is 2.00. The van der Waals surface area contributed by atoms with Gasteiger partial charge < -0.3 is 14.6 Å². The summed E-state index contributed by atoms with van der Waals surface area (Å²) in [6.45, 7) is 3.99. The number of nitrogens with zero attached hydrogens (tertiary/aromatic N) is 1. The summed E-state index contributed by atoms with van der Waals surface area (Å²) in [4.78, 5) is 11.0. The van der Waals surface area contributed by atoms with Crippen LogP contribution in [0.1, 0.15) is 25.3 Å². The lowest BCUT2D eigenvalue weighted by Gasteiger charge is -2.03. The highest BCUT2D eigenvalue weighted by molar-refractivity contribution is 5.69. The molecule has 4 heteroatoms. The second-order valence-corrected chi connectivity index (χ2v) is 3.77. The summed E-state index contributed by atoms with van der Waals surface area (Å²) in [5.74, 6) is -0.107. The molecule has 1 rings (SSSR count). The van der Waals surface area contributed by atoms with Crippen LogP contribution in [0.25, 0.3) is 0 Å². The van der Waals surface area contributed by atoms with Crippen molar-refractivity contribution in [1.82, 2.24) is 9.88 Å². The van der Waals surface area contributed by atoms with E-state index in [0.29, 0.717) is 13.0 Å². The minimum atomic E-state index is -0.107. The number of hydrogen-bond donors (Lipinski definition) is 1. The zero-order valence-electron chi connectivity index (χ0n) is 10.0. The first-order valence-electron chi connectivity index (χ1n) is 5.69. The summed E-state index contributed by atoms with van der Waals surface area (Å²) in [5, 5.41) is 3.29. The SMILES string of the molecule is CCOC(=O)CCCNCc1ccn(C)c1. The molecule has 1 aromatic rings. The van der Waals surface area contributed by atoms with Gasteiger partial charge in [-0.25, -0.2) is 0 Å². The monoisotopic (exact) mass is 224 g/mol. The smallest absolute Gasteiger partial charge is 0.305 e. The number of ether oxygens (including phenoxy) is 1. The van der Waals surface area contributed by atoms with Crippen molar-refractivity contribution in [3.05, 3.63) is 24.0 Å². The Morgan fingerprint density at radius 3 is 3.00 bits per heavy atom. The van der Waals surface area contributed by atoms with E-state index in [1.54, 1.807) is 0 Å². The number of rotatable bonds is 7. The van der Waals surface area contributed by atoms with E-state index in [1.807, 2.05) is 24.7 Å². The van der Waals surface area contributed by atoms with Gasteiger partial charge >= 0.3 is 5.97 Å². The fourth-order valence-electron chi connectivity index (χ4n) is 1.49. The van der Waals surface area contributed by atoms with E-state index >= 15 is 0 Å². The van der Waals surface area contributed by atoms with E-state index in [4.69, 9.17) is 4.74 Å². The van der Waals surface area contributed by atoms with Crippen LogP contribution in [0, 0.1) is 0 Å². The Hall–Kier alpha value is -1.29. The third kappa shape index (κ3) is 4.98. The molecule has 0 amide bonds. The molecule has 0 saturated carbocycles. The van der Waals surface area contributed by atoms with Crippen molar-refractivity contribution >= 4 is 5.97 Å². The minimum absolute atomic E-state index is 0.107. The first kappa shape index (κ1) is 12.8. The average molecular weight is 224 g/mol. The molecule has 0 unspecified atom stereocenters. The van der Waals surface area contributed by atoms with Gasteiger partial charge in [0.1, 0.15) is 0 Å². The van der Waals surface area contributed by atoms with Crippen LogP contribution < -0.4 is 5.32 Å². The van der Waals surface area contributed by atoms with Crippen molar-refractivity contribution in [2.24, 2.45) is 7.05 Å². The van der Waals surface area contributed by atoms with Crippen LogP contribution in [0.5, 0.6) is 0 Å². The van der Waals surface area contributed by atoms with Gasteiger partial charge in [0.25, 0.3) is 0 Å². The highest BCUT2D eigenvalue weighted by Crippen LogP contribution is 1.98. The van der Waals surface area contributed by atoms with E-state index in [2.05, 4.69) is 17.6 Å². The summed E-state index contributed by atoms with van der Waals surface area (Å²) < 4.78 is 6.86. The normalized spacial score (nSPS) is 10.4. The highest BCUT2D eigenvalue weighted by atomic mass is 16.5. The van der Waals surface area contributed by atoms with Crippen molar-refractivity contribution in [2.75, 3.05) is 13.2 Å². The minimum Gasteiger partial charge on any atom is -0.466 e. The summed E-state index contributed by atoms with van der Waals surface area (Å²) in [7, 11) is 2.00. The first-order chi connectivity index (χ1) is 7.72. The fourth-order valence-corrected chi connectivity index (χ4v) is 1.49. The average Bonchev–Trinajstić information content (AvgIpc) is 2.64. The largest absolute Gasteiger partial charge is 0.466 e.